The minimum absolute atomic E-state index is 0.0145. The fraction of sp³-hybridized carbons (Fsp3) is 0.824. The number of carbonyl (C=O) groups excluding carboxylic acids is 1. The highest BCUT2D eigenvalue weighted by Crippen LogP contribution is 2.38. The summed E-state index contributed by atoms with van der Waals surface area (Å²) in [5.41, 5.74) is 0.517. The van der Waals surface area contributed by atoms with Crippen LogP contribution >= 0.6 is 0 Å². The molecule has 0 aromatic heterocycles. The Morgan fingerprint density at radius 1 is 0.909 bits per heavy atom. The summed E-state index contributed by atoms with van der Waals surface area (Å²) < 4.78 is 11.9. The van der Waals surface area contributed by atoms with Crippen molar-refractivity contribution in [2.45, 2.75) is 84.2 Å². The minimum Gasteiger partial charge on any atom is -0.516 e. The Morgan fingerprint density at radius 2 is 1.32 bits per heavy atom. The topological polar surface area (TPSA) is 35.5 Å². The predicted octanol–water partition coefficient (Wildman–Crippen LogP) is 5.50. The van der Waals surface area contributed by atoms with E-state index in [0.717, 1.165) is 0 Å². The zero-order valence-electron chi connectivity index (χ0n) is 16.3. The molecule has 3 nitrogen and oxygen atoms in total. The number of hydrogen-bond acceptors (Lipinski definition) is 3. The van der Waals surface area contributed by atoms with Crippen molar-refractivity contribution in [1.29, 1.82) is 0 Å². The van der Waals surface area contributed by atoms with Crippen LogP contribution in [0.1, 0.15) is 48.0 Å². The van der Waals surface area contributed by atoms with Crippen LogP contribution in [0.5, 0.6) is 0 Å². The van der Waals surface area contributed by atoms with Crippen molar-refractivity contribution in [1.82, 2.24) is 0 Å². The highest BCUT2D eigenvalue weighted by molar-refractivity contribution is 6.75. The third-order valence-corrected chi connectivity index (χ3v) is 14.0. The van der Waals surface area contributed by atoms with E-state index >= 15 is 0 Å². The lowest BCUT2D eigenvalue weighted by atomic mass is 10.2. The summed E-state index contributed by atoms with van der Waals surface area (Å²) >= 11 is 0. The Bertz CT molecular complexity index is 413. The molecule has 5 heteroatoms. The summed E-state index contributed by atoms with van der Waals surface area (Å²) in [5, 5.41) is 0.191. The molecule has 0 spiro atoms. The number of carbonyl (C=O) groups is 1. The average Bonchev–Trinajstić information content (AvgIpc) is 2.24. The fourth-order valence-electron chi connectivity index (χ4n) is 1.20. The van der Waals surface area contributed by atoms with Crippen LogP contribution in [0, 0.1) is 0 Å². The van der Waals surface area contributed by atoms with E-state index < -0.39 is 16.6 Å². The standard InChI is InChI=1S/C17H36O3Si2/c1-14(12-13-19-21(8,9)16(2,3)4)15(18)20-22(10,11)17(5,6)7/h1,12-13H2,2-11H3. The lowest BCUT2D eigenvalue weighted by Gasteiger charge is -2.36. The second-order valence-electron chi connectivity index (χ2n) is 9.11. The fourth-order valence-corrected chi connectivity index (χ4v) is 3.16. The second kappa shape index (κ2) is 7.01. The molecule has 0 saturated carbocycles. The summed E-state index contributed by atoms with van der Waals surface area (Å²) in [6.07, 6.45) is 0.542. The lowest BCUT2D eigenvalue weighted by molar-refractivity contribution is -0.131. The zero-order chi connectivity index (χ0) is 18.0. The van der Waals surface area contributed by atoms with Gasteiger partial charge >= 0.3 is 5.97 Å². The van der Waals surface area contributed by atoms with E-state index in [1.165, 1.54) is 0 Å². The molecule has 0 heterocycles. The first-order valence-electron chi connectivity index (χ1n) is 8.06. The minimum atomic E-state index is -2.08. The van der Waals surface area contributed by atoms with Gasteiger partial charge in [0.05, 0.1) is 0 Å². The first kappa shape index (κ1) is 21.6. The molecule has 0 amide bonds. The Morgan fingerprint density at radius 3 is 1.68 bits per heavy atom. The van der Waals surface area contributed by atoms with Gasteiger partial charge in [0, 0.05) is 18.6 Å². The molecule has 0 aliphatic heterocycles. The van der Waals surface area contributed by atoms with E-state index in [-0.39, 0.29) is 16.0 Å². The molecular formula is C17H36O3Si2. The quantitative estimate of drug-likeness (QED) is 0.471. The zero-order valence-corrected chi connectivity index (χ0v) is 18.3. The van der Waals surface area contributed by atoms with E-state index in [4.69, 9.17) is 8.85 Å². The van der Waals surface area contributed by atoms with Crippen LogP contribution in [0.3, 0.4) is 0 Å². The average molecular weight is 345 g/mol. The van der Waals surface area contributed by atoms with Crippen LogP contribution in [0.25, 0.3) is 0 Å². The Labute approximate surface area is 139 Å². The van der Waals surface area contributed by atoms with Gasteiger partial charge in [0.1, 0.15) is 0 Å². The number of hydrogen-bond donors (Lipinski definition) is 0. The Hall–Kier alpha value is -0.396. The van der Waals surface area contributed by atoms with Gasteiger partial charge in [-0.05, 0) is 36.3 Å². The van der Waals surface area contributed by atoms with Crippen LogP contribution in [-0.4, -0.2) is 29.2 Å². The molecule has 0 unspecified atom stereocenters. The van der Waals surface area contributed by atoms with Gasteiger partial charge in [-0.2, -0.15) is 0 Å². The molecule has 0 aliphatic rings. The van der Waals surface area contributed by atoms with Crippen molar-refractivity contribution in [2.24, 2.45) is 0 Å². The first-order valence-corrected chi connectivity index (χ1v) is 13.9. The Kier molecular flexibility index (Phi) is 6.89. The molecule has 0 aromatic carbocycles. The van der Waals surface area contributed by atoms with Crippen LogP contribution in [-0.2, 0) is 13.6 Å². The molecule has 0 N–H and O–H groups in total. The van der Waals surface area contributed by atoms with Crippen molar-refractivity contribution in [2.75, 3.05) is 6.61 Å². The highest BCUT2D eigenvalue weighted by atomic mass is 28.4. The molecule has 0 atom stereocenters. The molecule has 0 fully saturated rings. The van der Waals surface area contributed by atoms with E-state index in [1.54, 1.807) is 0 Å². The van der Waals surface area contributed by atoms with Crippen molar-refractivity contribution in [3.05, 3.63) is 12.2 Å². The van der Waals surface area contributed by atoms with Crippen LogP contribution in [0.4, 0.5) is 0 Å². The summed E-state index contributed by atoms with van der Waals surface area (Å²) in [4.78, 5) is 12.2. The smallest absolute Gasteiger partial charge is 0.320 e. The third kappa shape index (κ3) is 6.01. The maximum Gasteiger partial charge on any atom is 0.320 e. The lowest BCUT2D eigenvalue weighted by Crippen LogP contribution is -2.43. The normalized spacial score (nSPS) is 13.9. The van der Waals surface area contributed by atoms with Crippen molar-refractivity contribution >= 4 is 22.6 Å². The van der Waals surface area contributed by atoms with E-state index in [9.17, 15) is 4.79 Å². The predicted molar refractivity (Wildman–Crippen MR) is 100 cm³/mol. The number of rotatable bonds is 6. The van der Waals surface area contributed by atoms with E-state index in [2.05, 4.69) is 74.3 Å². The maximum atomic E-state index is 12.2. The van der Waals surface area contributed by atoms with E-state index in [0.29, 0.717) is 18.6 Å². The van der Waals surface area contributed by atoms with Gasteiger partial charge in [-0.3, -0.25) is 0 Å². The summed E-state index contributed by atoms with van der Waals surface area (Å²) in [5.74, 6) is -0.259. The van der Waals surface area contributed by atoms with Crippen LogP contribution in [0.15, 0.2) is 12.2 Å². The maximum absolute atomic E-state index is 12.2. The molecule has 0 rings (SSSR count). The third-order valence-electron chi connectivity index (χ3n) is 5.12. The van der Waals surface area contributed by atoms with E-state index in [1.807, 2.05) is 0 Å². The molecule has 130 valence electrons. The van der Waals surface area contributed by atoms with Gasteiger partial charge < -0.3 is 8.85 Å². The van der Waals surface area contributed by atoms with Gasteiger partial charge in [-0.15, -0.1) is 0 Å². The molecular weight excluding hydrogens is 308 g/mol. The largest absolute Gasteiger partial charge is 0.516 e. The Balaban J connectivity index is 4.50. The van der Waals surface area contributed by atoms with Gasteiger partial charge in [-0.25, -0.2) is 4.79 Å². The molecule has 22 heavy (non-hydrogen) atoms. The molecule has 0 bridgehead atoms. The highest BCUT2D eigenvalue weighted by Gasteiger charge is 2.41. The molecule has 0 aromatic rings. The van der Waals surface area contributed by atoms with Crippen molar-refractivity contribution in [3.8, 4) is 0 Å². The second-order valence-corrected chi connectivity index (χ2v) is 18.6. The summed E-state index contributed by atoms with van der Waals surface area (Å²) in [7, 11) is -3.85. The van der Waals surface area contributed by atoms with Crippen LogP contribution in [0.2, 0.25) is 36.3 Å². The summed E-state index contributed by atoms with van der Waals surface area (Å²) in [6, 6.07) is 0. The molecule has 0 aliphatic carbocycles. The molecule has 0 radical (unpaired) electrons. The van der Waals surface area contributed by atoms with Crippen LogP contribution < -0.4 is 0 Å². The van der Waals surface area contributed by atoms with Gasteiger partial charge in [0.2, 0.25) is 0 Å². The van der Waals surface area contributed by atoms with Gasteiger partial charge in [0.15, 0.2) is 8.32 Å². The summed E-state index contributed by atoms with van der Waals surface area (Å²) in [6.45, 7) is 26.0. The first-order chi connectivity index (χ1) is 9.51. The van der Waals surface area contributed by atoms with Crippen molar-refractivity contribution < 1.29 is 13.6 Å². The SMILES string of the molecule is C=C(CCO[Si](C)(C)C(C)(C)C)C(=O)O[Si](C)(C)C(C)(C)C. The van der Waals surface area contributed by atoms with Crippen molar-refractivity contribution in [3.63, 3.8) is 0 Å². The van der Waals surface area contributed by atoms with Gasteiger partial charge in [0.25, 0.3) is 8.32 Å². The van der Waals surface area contributed by atoms with Gasteiger partial charge in [-0.1, -0.05) is 48.1 Å². The molecule has 0 saturated heterocycles. The monoisotopic (exact) mass is 344 g/mol.